The van der Waals surface area contributed by atoms with Gasteiger partial charge in [-0.2, -0.15) is 0 Å². The summed E-state index contributed by atoms with van der Waals surface area (Å²) in [5, 5.41) is 0. The fourth-order valence-electron chi connectivity index (χ4n) is 2.56. The molecule has 146 valence electrons. The molecule has 0 N–H and O–H groups in total. The minimum Gasteiger partial charge on any atom is -0.287 e. The Morgan fingerprint density at radius 3 is 1.29 bits per heavy atom. The molecule has 0 aromatic rings. The summed E-state index contributed by atoms with van der Waals surface area (Å²) in [6, 6.07) is 0. The zero-order valence-corrected chi connectivity index (χ0v) is 17.3. The first-order valence-electron chi connectivity index (χ1n) is 10.2. The summed E-state index contributed by atoms with van der Waals surface area (Å²) < 4.78 is 28.6. The highest BCUT2D eigenvalue weighted by atomic mass is 31.2. The van der Waals surface area contributed by atoms with Crippen molar-refractivity contribution in [3.63, 3.8) is 0 Å². The van der Waals surface area contributed by atoms with Crippen molar-refractivity contribution in [3.8, 4) is 0 Å². The molecule has 0 spiro atoms. The molecular formula is C19H41O4P. The van der Waals surface area contributed by atoms with Crippen LogP contribution in [-0.4, -0.2) is 19.8 Å². The fourth-order valence-corrected chi connectivity index (χ4v) is 3.81. The highest BCUT2D eigenvalue weighted by Gasteiger charge is 2.25. The van der Waals surface area contributed by atoms with Crippen LogP contribution in [0.5, 0.6) is 0 Å². The number of hydrogen-bond donors (Lipinski definition) is 0. The number of hydrogen-bond acceptors (Lipinski definition) is 4. The van der Waals surface area contributed by atoms with E-state index in [1.807, 2.05) is 6.92 Å². The van der Waals surface area contributed by atoms with Crippen LogP contribution in [0.4, 0.5) is 0 Å². The van der Waals surface area contributed by atoms with Crippen LogP contribution in [0.1, 0.15) is 104 Å². The van der Waals surface area contributed by atoms with E-state index in [0.29, 0.717) is 19.8 Å². The monoisotopic (exact) mass is 364 g/mol. The molecule has 0 aromatic heterocycles. The van der Waals surface area contributed by atoms with Gasteiger partial charge in [0, 0.05) is 0 Å². The molecule has 0 aromatic carbocycles. The number of unbranched alkanes of at least 4 members (excludes halogenated alkanes) is 11. The molecular weight excluding hydrogens is 323 g/mol. The van der Waals surface area contributed by atoms with Gasteiger partial charge in [0.25, 0.3) is 0 Å². The molecule has 0 bridgehead atoms. The van der Waals surface area contributed by atoms with Crippen LogP contribution in [0.15, 0.2) is 0 Å². The summed E-state index contributed by atoms with van der Waals surface area (Å²) >= 11 is 0. The molecule has 0 aliphatic carbocycles. The lowest BCUT2D eigenvalue weighted by Gasteiger charge is -2.17. The largest absolute Gasteiger partial charge is 0.474 e. The van der Waals surface area contributed by atoms with Crippen molar-refractivity contribution in [2.75, 3.05) is 19.8 Å². The lowest BCUT2D eigenvalue weighted by Crippen LogP contribution is -2.03. The number of rotatable bonds is 19. The first kappa shape index (κ1) is 24.1. The number of phosphoric acid groups is 1. The lowest BCUT2D eigenvalue weighted by atomic mass is 10.1. The molecule has 0 saturated carbocycles. The molecule has 5 heteroatoms. The summed E-state index contributed by atoms with van der Waals surface area (Å²) in [6.45, 7) is 7.52. The first-order valence-corrected chi connectivity index (χ1v) is 11.7. The smallest absolute Gasteiger partial charge is 0.287 e. The SMILES string of the molecule is CCCCCCCCCCOP(=O)(OCC)OCCCCCCC. The van der Waals surface area contributed by atoms with Crippen LogP contribution < -0.4 is 0 Å². The summed E-state index contributed by atoms with van der Waals surface area (Å²) in [7, 11) is -3.35. The second-order valence-electron chi connectivity index (χ2n) is 6.42. The van der Waals surface area contributed by atoms with Crippen LogP contribution in [0, 0.1) is 0 Å². The predicted octanol–water partition coefficient (Wildman–Crippen LogP) is 7.28. The Balaban J connectivity index is 3.67. The van der Waals surface area contributed by atoms with Crippen molar-refractivity contribution in [1.82, 2.24) is 0 Å². The zero-order valence-electron chi connectivity index (χ0n) is 16.4. The predicted molar refractivity (Wildman–Crippen MR) is 103 cm³/mol. The summed E-state index contributed by atoms with van der Waals surface area (Å²) in [5.74, 6) is 0. The summed E-state index contributed by atoms with van der Waals surface area (Å²) in [6.07, 6.45) is 15.6. The molecule has 0 fully saturated rings. The molecule has 4 nitrogen and oxygen atoms in total. The maximum Gasteiger partial charge on any atom is 0.474 e. The topological polar surface area (TPSA) is 44.8 Å². The first-order chi connectivity index (χ1) is 11.7. The van der Waals surface area contributed by atoms with Crippen molar-refractivity contribution in [2.24, 2.45) is 0 Å². The van der Waals surface area contributed by atoms with Gasteiger partial charge in [-0.25, -0.2) is 4.57 Å². The Bertz CT molecular complexity index is 297. The van der Waals surface area contributed by atoms with E-state index in [9.17, 15) is 4.57 Å². The van der Waals surface area contributed by atoms with Crippen molar-refractivity contribution in [1.29, 1.82) is 0 Å². The highest BCUT2D eigenvalue weighted by Crippen LogP contribution is 2.49. The Morgan fingerprint density at radius 1 is 0.542 bits per heavy atom. The van der Waals surface area contributed by atoms with E-state index in [1.54, 1.807) is 0 Å². The molecule has 0 saturated heterocycles. The van der Waals surface area contributed by atoms with Gasteiger partial charge in [-0.1, -0.05) is 84.5 Å². The highest BCUT2D eigenvalue weighted by molar-refractivity contribution is 7.48. The average Bonchev–Trinajstić information content (AvgIpc) is 2.57. The van der Waals surface area contributed by atoms with E-state index < -0.39 is 7.82 Å². The molecule has 0 radical (unpaired) electrons. The van der Waals surface area contributed by atoms with E-state index in [2.05, 4.69) is 13.8 Å². The Hall–Kier alpha value is 0.110. The van der Waals surface area contributed by atoms with Crippen LogP contribution in [0.3, 0.4) is 0 Å². The molecule has 0 amide bonds. The Morgan fingerprint density at radius 2 is 0.917 bits per heavy atom. The van der Waals surface area contributed by atoms with Gasteiger partial charge < -0.3 is 0 Å². The minimum atomic E-state index is -3.35. The molecule has 24 heavy (non-hydrogen) atoms. The molecule has 1 atom stereocenters. The van der Waals surface area contributed by atoms with Crippen LogP contribution >= 0.6 is 7.82 Å². The van der Waals surface area contributed by atoms with Crippen molar-refractivity contribution < 1.29 is 18.1 Å². The molecule has 0 aliphatic rings. The normalized spacial score (nSPS) is 14.0. The van der Waals surface area contributed by atoms with Gasteiger partial charge in [-0.05, 0) is 19.8 Å². The average molecular weight is 365 g/mol. The lowest BCUT2D eigenvalue weighted by molar-refractivity contribution is 0.114. The van der Waals surface area contributed by atoms with Gasteiger partial charge in [-0.3, -0.25) is 13.6 Å². The maximum atomic E-state index is 12.4. The van der Waals surface area contributed by atoms with Crippen molar-refractivity contribution in [2.45, 2.75) is 104 Å². The fraction of sp³-hybridized carbons (Fsp3) is 1.00. The van der Waals surface area contributed by atoms with Crippen LogP contribution in [0.2, 0.25) is 0 Å². The van der Waals surface area contributed by atoms with E-state index >= 15 is 0 Å². The molecule has 0 rings (SSSR count). The Kier molecular flexibility index (Phi) is 18.0. The van der Waals surface area contributed by atoms with E-state index in [4.69, 9.17) is 13.6 Å². The standard InChI is InChI=1S/C19H41O4P/c1-4-7-9-11-12-13-15-17-19-23-24(20,21-6-3)22-18-16-14-10-8-5-2/h4-19H2,1-3H3. The third-order valence-corrected chi connectivity index (χ3v) is 5.60. The maximum absolute atomic E-state index is 12.4. The minimum absolute atomic E-state index is 0.352. The number of phosphoric ester groups is 1. The zero-order chi connectivity index (χ0) is 17.9. The third kappa shape index (κ3) is 15.6. The summed E-state index contributed by atoms with van der Waals surface area (Å²) in [5.41, 5.74) is 0. The van der Waals surface area contributed by atoms with Crippen LogP contribution in [-0.2, 0) is 18.1 Å². The second-order valence-corrected chi connectivity index (χ2v) is 8.09. The Labute approximate surface area is 150 Å². The van der Waals surface area contributed by atoms with Crippen molar-refractivity contribution >= 4 is 7.82 Å². The van der Waals surface area contributed by atoms with E-state index in [-0.39, 0.29) is 0 Å². The van der Waals surface area contributed by atoms with Gasteiger partial charge in [0.1, 0.15) is 0 Å². The third-order valence-electron chi connectivity index (χ3n) is 4.03. The second kappa shape index (κ2) is 17.9. The van der Waals surface area contributed by atoms with Gasteiger partial charge in [0.15, 0.2) is 0 Å². The molecule has 0 aliphatic heterocycles. The quantitative estimate of drug-likeness (QED) is 0.178. The van der Waals surface area contributed by atoms with Crippen molar-refractivity contribution in [3.05, 3.63) is 0 Å². The van der Waals surface area contributed by atoms with E-state index in [1.165, 1.54) is 57.8 Å². The van der Waals surface area contributed by atoms with Gasteiger partial charge in [0.05, 0.1) is 19.8 Å². The van der Waals surface area contributed by atoms with E-state index in [0.717, 1.165) is 25.7 Å². The van der Waals surface area contributed by atoms with Gasteiger partial charge >= 0.3 is 7.82 Å². The van der Waals surface area contributed by atoms with Gasteiger partial charge in [0.2, 0.25) is 0 Å². The molecule has 1 unspecified atom stereocenters. The van der Waals surface area contributed by atoms with Crippen LogP contribution in [0.25, 0.3) is 0 Å². The molecule has 0 heterocycles. The van der Waals surface area contributed by atoms with Gasteiger partial charge in [-0.15, -0.1) is 0 Å². The summed E-state index contributed by atoms with van der Waals surface area (Å²) in [4.78, 5) is 0.